The summed E-state index contributed by atoms with van der Waals surface area (Å²) in [6.07, 6.45) is 1.03. The van der Waals surface area contributed by atoms with E-state index in [-0.39, 0.29) is 17.2 Å². The molecular weight excluding hydrogens is 454 g/mol. The highest BCUT2D eigenvalue weighted by Gasteiger charge is 2.29. The first kappa shape index (κ1) is 24.8. The van der Waals surface area contributed by atoms with Crippen LogP contribution in [0.1, 0.15) is 22.8 Å². The molecule has 0 heterocycles. The minimum Gasteiger partial charge on any atom is -0.497 e. The molecule has 2 N–H and O–H groups in total. The smallest absolute Gasteiger partial charge is 0.253 e. The van der Waals surface area contributed by atoms with Crippen LogP contribution in [0, 0.1) is 0 Å². The van der Waals surface area contributed by atoms with E-state index >= 15 is 0 Å². The number of nitrogens with zero attached hydrogens (tertiary/aromatic N) is 1. The first-order valence-electron chi connectivity index (χ1n) is 10.6. The Hall–Kier alpha value is -3.85. The zero-order valence-corrected chi connectivity index (χ0v) is 20.0. The van der Waals surface area contributed by atoms with Gasteiger partial charge in [-0.1, -0.05) is 42.5 Å². The largest absolute Gasteiger partial charge is 0.497 e. The molecule has 0 radical (unpaired) electrons. The number of carbonyl (C=O) groups excluding carboxylic acids is 2. The number of amides is 2. The van der Waals surface area contributed by atoms with Crippen molar-refractivity contribution in [1.29, 1.82) is 0 Å². The van der Waals surface area contributed by atoms with Crippen LogP contribution in [0.5, 0.6) is 5.75 Å². The molecule has 8 nitrogen and oxygen atoms in total. The number of rotatable bonds is 9. The molecule has 0 saturated carbocycles. The lowest BCUT2D eigenvalue weighted by Gasteiger charge is -2.28. The molecule has 0 aromatic heterocycles. The predicted molar refractivity (Wildman–Crippen MR) is 132 cm³/mol. The van der Waals surface area contributed by atoms with Gasteiger partial charge in [-0.3, -0.25) is 13.9 Å². The first-order valence-corrected chi connectivity index (χ1v) is 12.4. The molecule has 2 amide bonds. The van der Waals surface area contributed by atoms with Crippen LogP contribution in [0.4, 0.5) is 11.4 Å². The van der Waals surface area contributed by atoms with Crippen LogP contribution in [0.25, 0.3) is 0 Å². The topological polar surface area (TPSA) is 105 Å². The summed E-state index contributed by atoms with van der Waals surface area (Å²) in [7, 11) is -2.28. The van der Waals surface area contributed by atoms with Gasteiger partial charge in [0.15, 0.2) is 0 Å². The Labute approximate surface area is 199 Å². The van der Waals surface area contributed by atoms with E-state index in [1.165, 1.54) is 14.0 Å². The number of sulfonamides is 1. The van der Waals surface area contributed by atoms with E-state index in [4.69, 9.17) is 4.74 Å². The van der Waals surface area contributed by atoms with Crippen LogP contribution in [-0.2, 0) is 21.4 Å². The second-order valence-corrected chi connectivity index (χ2v) is 9.50. The van der Waals surface area contributed by atoms with Gasteiger partial charge in [0.25, 0.3) is 5.91 Å². The van der Waals surface area contributed by atoms with Crippen LogP contribution in [0.15, 0.2) is 78.9 Å². The quantitative estimate of drug-likeness (QED) is 0.487. The van der Waals surface area contributed by atoms with E-state index in [1.807, 2.05) is 30.3 Å². The van der Waals surface area contributed by atoms with Crippen molar-refractivity contribution < 1.29 is 22.7 Å². The number of ether oxygens (including phenoxy) is 1. The molecule has 0 fully saturated rings. The summed E-state index contributed by atoms with van der Waals surface area (Å²) in [6, 6.07) is 21.3. The summed E-state index contributed by atoms with van der Waals surface area (Å²) in [5.74, 6) is -0.378. The number of nitrogens with one attached hydrogen (secondary N) is 2. The van der Waals surface area contributed by atoms with Crippen LogP contribution in [-0.4, -0.2) is 39.6 Å². The van der Waals surface area contributed by atoms with Crippen molar-refractivity contribution >= 4 is 33.2 Å². The SMILES string of the molecule is COc1ccc(N([C@H](C)C(=O)Nc2ccccc2C(=O)NCc2ccccc2)S(C)(=O)=O)cc1. The molecule has 3 aromatic carbocycles. The fraction of sp³-hybridized carbons (Fsp3) is 0.200. The number of methoxy groups -OCH3 is 1. The van der Waals surface area contributed by atoms with Crippen molar-refractivity contribution in [2.45, 2.75) is 19.5 Å². The fourth-order valence-corrected chi connectivity index (χ4v) is 4.61. The molecule has 0 unspecified atom stereocenters. The van der Waals surface area contributed by atoms with Gasteiger partial charge in [0, 0.05) is 6.54 Å². The standard InChI is InChI=1S/C25H27N3O5S/c1-18(28(34(3,31)32)20-13-15-21(33-2)16-14-20)24(29)27-23-12-8-7-11-22(23)25(30)26-17-19-9-5-4-6-10-19/h4-16,18H,17H2,1-3H3,(H,26,30)(H,27,29)/t18-/m1/s1. The lowest BCUT2D eigenvalue weighted by atomic mass is 10.1. The molecule has 3 aromatic rings. The second-order valence-electron chi connectivity index (χ2n) is 7.64. The Morgan fingerprint density at radius 3 is 2.18 bits per heavy atom. The maximum absolute atomic E-state index is 13.1. The van der Waals surface area contributed by atoms with Gasteiger partial charge in [0.2, 0.25) is 15.9 Å². The highest BCUT2D eigenvalue weighted by Crippen LogP contribution is 2.25. The van der Waals surface area contributed by atoms with Crippen LogP contribution in [0.2, 0.25) is 0 Å². The maximum atomic E-state index is 13.1. The van der Waals surface area contributed by atoms with Crippen molar-refractivity contribution in [1.82, 2.24) is 5.32 Å². The van der Waals surface area contributed by atoms with Crippen LogP contribution in [0.3, 0.4) is 0 Å². The average Bonchev–Trinajstić information content (AvgIpc) is 2.83. The molecule has 0 aliphatic carbocycles. The van der Waals surface area contributed by atoms with Gasteiger partial charge in [-0.25, -0.2) is 8.42 Å². The van der Waals surface area contributed by atoms with Crippen molar-refractivity contribution in [3.8, 4) is 5.75 Å². The zero-order valence-electron chi connectivity index (χ0n) is 19.2. The fourth-order valence-electron chi connectivity index (χ4n) is 3.44. The lowest BCUT2D eigenvalue weighted by molar-refractivity contribution is -0.116. The van der Waals surface area contributed by atoms with Crippen LogP contribution >= 0.6 is 0 Å². The third kappa shape index (κ3) is 6.14. The monoisotopic (exact) mass is 481 g/mol. The minimum atomic E-state index is -3.79. The Morgan fingerprint density at radius 1 is 0.941 bits per heavy atom. The van der Waals surface area contributed by atoms with Gasteiger partial charge in [0.1, 0.15) is 11.8 Å². The van der Waals surface area contributed by atoms with Gasteiger partial charge in [-0.15, -0.1) is 0 Å². The molecule has 0 bridgehead atoms. The number of hydrogen-bond acceptors (Lipinski definition) is 5. The van der Waals surface area contributed by atoms with E-state index in [0.29, 0.717) is 18.0 Å². The van der Waals surface area contributed by atoms with E-state index in [9.17, 15) is 18.0 Å². The number of hydrogen-bond donors (Lipinski definition) is 2. The summed E-state index contributed by atoms with van der Waals surface area (Å²) in [4.78, 5) is 25.9. The number of benzene rings is 3. The second kappa shape index (κ2) is 10.8. The van der Waals surface area contributed by atoms with Gasteiger partial charge in [-0.2, -0.15) is 0 Å². The average molecular weight is 482 g/mol. The summed E-state index contributed by atoms with van der Waals surface area (Å²) >= 11 is 0. The van der Waals surface area contributed by atoms with Crippen molar-refractivity contribution in [2.24, 2.45) is 0 Å². The first-order chi connectivity index (χ1) is 16.2. The van der Waals surface area contributed by atoms with E-state index < -0.39 is 22.0 Å². The zero-order chi connectivity index (χ0) is 24.7. The van der Waals surface area contributed by atoms with Gasteiger partial charge >= 0.3 is 0 Å². The molecule has 0 aliphatic heterocycles. The highest BCUT2D eigenvalue weighted by atomic mass is 32.2. The van der Waals surface area contributed by atoms with Crippen molar-refractivity contribution in [3.63, 3.8) is 0 Å². The van der Waals surface area contributed by atoms with Crippen LogP contribution < -0.4 is 19.7 Å². The number of para-hydroxylation sites is 1. The maximum Gasteiger partial charge on any atom is 0.253 e. The summed E-state index contributed by atoms with van der Waals surface area (Å²) in [5.41, 5.74) is 1.82. The summed E-state index contributed by atoms with van der Waals surface area (Å²) < 4.78 is 31.2. The number of anilines is 2. The lowest BCUT2D eigenvalue weighted by Crippen LogP contribution is -2.45. The predicted octanol–water partition coefficient (Wildman–Crippen LogP) is 3.42. The molecule has 0 saturated heterocycles. The Balaban J connectivity index is 1.79. The van der Waals surface area contributed by atoms with Gasteiger partial charge in [0.05, 0.1) is 30.3 Å². The Morgan fingerprint density at radius 2 is 1.56 bits per heavy atom. The minimum absolute atomic E-state index is 0.273. The van der Waals surface area contributed by atoms with E-state index in [0.717, 1.165) is 16.1 Å². The molecule has 34 heavy (non-hydrogen) atoms. The summed E-state index contributed by atoms with van der Waals surface area (Å²) in [6.45, 7) is 1.82. The van der Waals surface area contributed by atoms with Gasteiger partial charge in [-0.05, 0) is 48.9 Å². The molecule has 1 atom stereocenters. The van der Waals surface area contributed by atoms with Crippen molar-refractivity contribution in [3.05, 3.63) is 90.0 Å². The highest BCUT2D eigenvalue weighted by molar-refractivity contribution is 7.92. The molecule has 3 rings (SSSR count). The Bertz CT molecular complexity index is 1250. The van der Waals surface area contributed by atoms with Gasteiger partial charge < -0.3 is 15.4 Å². The Kier molecular flexibility index (Phi) is 7.91. The van der Waals surface area contributed by atoms with Crippen molar-refractivity contribution in [2.75, 3.05) is 23.0 Å². The normalized spacial score (nSPS) is 11.9. The molecule has 178 valence electrons. The van der Waals surface area contributed by atoms with E-state index in [1.54, 1.807) is 48.5 Å². The molecular formula is C25H27N3O5S. The molecule has 0 aliphatic rings. The third-order valence-corrected chi connectivity index (χ3v) is 6.38. The molecule has 0 spiro atoms. The third-order valence-electron chi connectivity index (χ3n) is 5.14. The van der Waals surface area contributed by atoms with E-state index in [2.05, 4.69) is 10.6 Å². The summed E-state index contributed by atoms with van der Waals surface area (Å²) in [5, 5.41) is 5.54. The molecule has 9 heteroatoms. The number of carbonyl (C=O) groups is 2.